The number of hydrogen-bond acceptors (Lipinski definition) is 4. The summed E-state index contributed by atoms with van der Waals surface area (Å²) in [5.74, 6) is -0.476. The lowest BCUT2D eigenvalue weighted by Crippen LogP contribution is -2.45. The fourth-order valence-corrected chi connectivity index (χ4v) is 4.00. The van der Waals surface area contributed by atoms with Gasteiger partial charge in [0.2, 0.25) is 0 Å². The molecule has 0 spiro atoms. The summed E-state index contributed by atoms with van der Waals surface area (Å²) in [6, 6.07) is 14.1. The molecule has 0 aliphatic carbocycles. The largest absolute Gasteiger partial charge is 0.375 e. The summed E-state index contributed by atoms with van der Waals surface area (Å²) in [5.41, 5.74) is 2.42. The monoisotopic (exact) mass is 379 g/mol. The standard InChI is InChI=1S/C18H18ClNO4S/c1-24-18-10-8-13-7-9-14(19)11-16(13)20(15-5-3-2-4-6-15)17(18)12-25(21,22)23/h2-11,17-18H,12H2,1H3,(H,21,22,23). The summed E-state index contributed by atoms with van der Waals surface area (Å²) in [7, 11) is -2.71. The summed E-state index contributed by atoms with van der Waals surface area (Å²) in [6.45, 7) is 0. The zero-order valence-electron chi connectivity index (χ0n) is 13.5. The summed E-state index contributed by atoms with van der Waals surface area (Å²) in [5, 5.41) is 0.537. The molecule has 0 radical (unpaired) electrons. The second kappa shape index (κ2) is 7.17. The summed E-state index contributed by atoms with van der Waals surface area (Å²) in [4.78, 5) is 1.85. The molecule has 3 rings (SSSR count). The fourth-order valence-electron chi connectivity index (χ4n) is 3.06. The quantitative estimate of drug-likeness (QED) is 0.819. The number of methoxy groups -OCH3 is 1. The second-order valence-electron chi connectivity index (χ2n) is 5.78. The molecule has 2 aromatic rings. The number of fused-ring (bicyclic) bond motifs is 1. The van der Waals surface area contributed by atoms with E-state index in [-0.39, 0.29) is 0 Å². The van der Waals surface area contributed by atoms with Gasteiger partial charge in [0.1, 0.15) is 0 Å². The Morgan fingerprint density at radius 1 is 1.20 bits per heavy atom. The molecule has 2 unspecified atom stereocenters. The number of ether oxygens (including phenoxy) is 1. The van der Waals surface area contributed by atoms with Crippen LogP contribution in [0.5, 0.6) is 0 Å². The lowest BCUT2D eigenvalue weighted by atomic mass is 10.1. The number of hydrogen-bond donors (Lipinski definition) is 1. The van der Waals surface area contributed by atoms with E-state index in [1.165, 1.54) is 7.11 Å². The fraction of sp³-hybridized carbons (Fsp3) is 0.222. The molecule has 25 heavy (non-hydrogen) atoms. The van der Waals surface area contributed by atoms with E-state index in [1.54, 1.807) is 18.2 Å². The molecule has 0 amide bonds. The Kier molecular flexibility index (Phi) is 5.15. The maximum Gasteiger partial charge on any atom is 0.267 e. The van der Waals surface area contributed by atoms with E-state index in [1.807, 2.05) is 47.4 Å². The zero-order chi connectivity index (χ0) is 18.0. The molecule has 132 valence electrons. The van der Waals surface area contributed by atoms with Gasteiger partial charge in [-0.05, 0) is 29.8 Å². The van der Waals surface area contributed by atoms with Gasteiger partial charge in [0.05, 0.1) is 23.6 Å². The molecule has 0 bridgehead atoms. The zero-order valence-corrected chi connectivity index (χ0v) is 15.1. The molecule has 0 saturated heterocycles. The molecule has 0 aromatic heterocycles. The van der Waals surface area contributed by atoms with Crippen molar-refractivity contribution in [3.8, 4) is 0 Å². The van der Waals surface area contributed by atoms with E-state index in [2.05, 4.69) is 0 Å². The van der Waals surface area contributed by atoms with Crippen molar-refractivity contribution in [3.63, 3.8) is 0 Å². The number of para-hydroxylation sites is 1. The summed E-state index contributed by atoms with van der Waals surface area (Å²) in [6.07, 6.45) is 3.14. The maximum atomic E-state index is 11.7. The van der Waals surface area contributed by atoms with Crippen LogP contribution < -0.4 is 4.90 Å². The van der Waals surface area contributed by atoms with Gasteiger partial charge in [-0.1, -0.05) is 48.0 Å². The van der Waals surface area contributed by atoms with Gasteiger partial charge in [-0.15, -0.1) is 0 Å². The van der Waals surface area contributed by atoms with Crippen LogP contribution in [0.4, 0.5) is 11.4 Å². The molecule has 1 aliphatic heterocycles. The van der Waals surface area contributed by atoms with Gasteiger partial charge in [-0.2, -0.15) is 8.42 Å². The van der Waals surface area contributed by atoms with Crippen molar-refractivity contribution in [2.75, 3.05) is 17.8 Å². The molecule has 5 nitrogen and oxygen atoms in total. The van der Waals surface area contributed by atoms with Crippen LogP contribution in [0.2, 0.25) is 5.02 Å². The molecule has 1 aliphatic rings. The van der Waals surface area contributed by atoms with Crippen LogP contribution in [0.25, 0.3) is 6.08 Å². The Labute approximate surface area is 152 Å². The van der Waals surface area contributed by atoms with Gasteiger partial charge >= 0.3 is 0 Å². The van der Waals surface area contributed by atoms with Crippen LogP contribution in [0.1, 0.15) is 5.56 Å². The van der Waals surface area contributed by atoms with Crippen molar-refractivity contribution in [3.05, 3.63) is 65.2 Å². The Bertz CT molecular complexity index is 883. The highest BCUT2D eigenvalue weighted by Gasteiger charge is 2.34. The average molecular weight is 380 g/mol. The third-order valence-electron chi connectivity index (χ3n) is 4.12. The van der Waals surface area contributed by atoms with Crippen molar-refractivity contribution in [1.29, 1.82) is 0 Å². The number of anilines is 2. The van der Waals surface area contributed by atoms with E-state index >= 15 is 0 Å². The van der Waals surface area contributed by atoms with Gasteiger partial charge in [0.25, 0.3) is 10.1 Å². The van der Waals surface area contributed by atoms with E-state index in [0.717, 1.165) is 16.9 Å². The summed E-state index contributed by atoms with van der Waals surface area (Å²) >= 11 is 6.18. The average Bonchev–Trinajstić information content (AvgIpc) is 2.70. The SMILES string of the molecule is COC1C=Cc2ccc(Cl)cc2N(c2ccccc2)C1CS(=O)(=O)O. The Morgan fingerprint density at radius 2 is 1.92 bits per heavy atom. The molecule has 1 N–H and O–H groups in total. The summed E-state index contributed by atoms with van der Waals surface area (Å²) < 4.78 is 38.3. The van der Waals surface area contributed by atoms with Crippen LogP contribution in [0, 0.1) is 0 Å². The molecule has 0 saturated carbocycles. The van der Waals surface area contributed by atoms with Crippen LogP contribution in [-0.2, 0) is 14.9 Å². The number of nitrogens with zero attached hydrogens (tertiary/aromatic N) is 1. The van der Waals surface area contributed by atoms with E-state index < -0.39 is 28.0 Å². The normalized spacial score (nSPS) is 20.2. The van der Waals surface area contributed by atoms with Gasteiger partial charge in [-0.25, -0.2) is 0 Å². The predicted octanol–water partition coefficient (Wildman–Crippen LogP) is 3.78. The lowest BCUT2D eigenvalue weighted by Gasteiger charge is -2.36. The van der Waals surface area contributed by atoms with Crippen LogP contribution in [0.3, 0.4) is 0 Å². The second-order valence-corrected chi connectivity index (χ2v) is 7.72. The van der Waals surface area contributed by atoms with Crippen molar-refractivity contribution in [2.24, 2.45) is 0 Å². The van der Waals surface area contributed by atoms with Gasteiger partial charge in [0.15, 0.2) is 0 Å². The first-order valence-corrected chi connectivity index (χ1v) is 9.68. The predicted molar refractivity (Wildman–Crippen MR) is 100 cm³/mol. The smallest absolute Gasteiger partial charge is 0.267 e. The molecule has 2 aromatic carbocycles. The van der Waals surface area contributed by atoms with Crippen molar-refractivity contribution in [2.45, 2.75) is 12.1 Å². The Balaban J connectivity index is 2.22. The third-order valence-corrected chi connectivity index (χ3v) is 5.11. The highest BCUT2D eigenvalue weighted by atomic mass is 35.5. The van der Waals surface area contributed by atoms with Crippen molar-refractivity contribution in [1.82, 2.24) is 0 Å². The van der Waals surface area contributed by atoms with Gasteiger partial charge in [-0.3, -0.25) is 4.55 Å². The third kappa shape index (κ3) is 4.04. The topological polar surface area (TPSA) is 66.8 Å². The Morgan fingerprint density at radius 3 is 2.56 bits per heavy atom. The van der Waals surface area contributed by atoms with Crippen molar-refractivity contribution < 1.29 is 17.7 Å². The Hall–Kier alpha value is -1.86. The first kappa shape index (κ1) is 17.9. The molecule has 2 atom stereocenters. The van der Waals surface area contributed by atoms with Gasteiger partial charge < -0.3 is 9.64 Å². The van der Waals surface area contributed by atoms with E-state index in [4.69, 9.17) is 16.3 Å². The van der Waals surface area contributed by atoms with Crippen LogP contribution in [0.15, 0.2) is 54.6 Å². The number of benzene rings is 2. The molecular weight excluding hydrogens is 362 g/mol. The first-order valence-electron chi connectivity index (χ1n) is 7.69. The minimum atomic E-state index is -4.23. The van der Waals surface area contributed by atoms with E-state index in [9.17, 15) is 13.0 Å². The molecular formula is C18H18ClNO4S. The number of rotatable bonds is 4. The van der Waals surface area contributed by atoms with Crippen molar-refractivity contribution >= 4 is 39.2 Å². The molecule has 7 heteroatoms. The minimum absolute atomic E-state index is 0.476. The first-order chi connectivity index (χ1) is 11.9. The van der Waals surface area contributed by atoms with E-state index in [0.29, 0.717) is 5.02 Å². The molecule has 0 fully saturated rings. The maximum absolute atomic E-state index is 11.7. The van der Waals surface area contributed by atoms with Crippen LogP contribution in [-0.4, -0.2) is 38.0 Å². The molecule has 1 heterocycles. The number of halogens is 1. The highest BCUT2D eigenvalue weighted by Crippen LogP contribution is 2.37. The minimum Gasteiger partial charge on any atom is -0.375 e. The highest BCUT2D eigenvalue weighted by molar-refractivity contribution is 7.85. The van der Waals surface area contributed by atoms with Gasteiger partial charge in [0, 0.05) is 17.8 Å². The van der Waals surface area contributed by atoms with Crippen LogP contribution >= 0.6 is 11.6 Å². The lowest BCUT2D eigenvalue weighted by molar-refractivity contribution is 0.124.